The molecule has 0 amide bonds. The normalized spacial score (nSPS) is 13.0. The molecule has 0 saturated heterocycles. The molecule has 5 heteroatoms. The Morgan fingerprint density at radius 3 is 1.55 bits per heavy atom. The molecule has 0 bridgehead atoms. The average Bonchev–Trinajstić information content (AvgIpc) is 2.73. The van der Waals surface area contributed by atoms with Crippen LogP contribution in [0, 0.1) is 11.3 Å². The van der Waals surface area contributed by atoms with Gasteiger partial charge < -0.3 is 6.15 Å². The minimum absolute atomic E-state index is 0. The molecular formula is C28H53NO3S. The average molecular weight is 484 g/mol. The summed E-state index contributed by atoms with van der Waals surface area (Å²) in [4.78, 5) is -0.0329. The Kier molecular flexibility index (Phi) is 17.0. The first-order valence-corrected chi connectivity index (χ1v) is 14.7. The second-order valence-electron chi connectivity index (χ2n) is 10.6. The molecule has 0 aliphatic carbocycles. The molecule has 0 aromatic heterocycles. The molecule has 0 aliphatic heterocycles. The van der Waals surface area contributed by atoms with Crippen LogP contribution in [0.5, 0.6) is 0 Å². The fraction of sp³-hybridized carbons (Fsp3) is 0.786. The third-order valence-electron chi connectivity index (χ3n) is 7.21. The Morgan fingerprint density at radius 1 is 0.758 bits per heavy atom. The van der Waals surface area contributed by atoms with Gasteiger partial charge >= 0.3 is 0 Å². The van der Waals surface area contributed by atoms with Gasteiger partial charge in [-0.3, -0.25) is 4.55 Å². The zero-order chi connectivity index (χ0) is 23.9. The van der Waals surface area contributed by atoms with Gasteiger partial charge in [-0.1, -0.05) is 136 Å². The Hall–Kier alpha value is -0.910. The molecule has 1 aromatic rings. The van der Waals surface area contributed by atoms with E-state index in [1.54, 1.807) is 0 Å². The maximum atomic E-state index is 11.2. The minimum Gasteiger partial charge on any atom is -0.344 e. The van der Waals surface area contributed by atoms with E-state index in [2.05, 4.69) is 27.7 Å². The van der Waals surface area contributed by atoms with E-state index in [-0.39, 0.29) is 16.5 Å². The van der Waals surface area contributed by atoms with Gasteiger partial charge in [0, 0.05) is 0 Å². The summed E-state index contributed by atoms with van der Waals surface area (Å²) in [5, 5.41) is 0. The monoisotopic (exact) mass is 483 g/mol. The van der Waals surface area contributed by atoms with Gasteiger partial charge in [0.15, 0.2) is 0 Å². The van der Waals surface area contributed by atoms with Crippen LogP contribution in [-0.2, 0) is 16.5 Å². The van der Waals surface area contributed by atoms with Crippen LogP contribution in [0.3, 0.4) is 0 Å². The molecule has 4 N–H and O–H groups in total. The summed E-state index contributed by atoms with van der Waals surface area (Å²) >= 11 is 0. The second-order valence-corrected chi connectivity index (χ2v) is 12.0. The van der Waals surface area contributed by atoms with Crippen LogP contribution in [-0.4, -0.2) is 13.0 Å². The van der Waals surface area contributed by atoms with Crippen molar-refractivity contribution in [2.24, 2.45) is 11.3 Å². The van der Waals surface area contributed by atoms with Gasteiger partial charge in [0.2, 0.25) is 0 Å². The van der Waals surface area contributed by atoms with E-state index >= 15 is 0 Å². The van der Waals surface area contributed by atoms with E-state index in [9.17, 15) is 8.42 Å². The van der Waals surface area contributed by atoms with Crippen molar-refractivity contribution in [3.8, 4) is 0 Å². The molecule has 1 aromatic carbocycles. The minimum atomic E-state index is -4.11. The summed E-state index contributed by atoms with van der Waals surface area (Å²) in [6.07, 6.45) is 21.7. The Labute approximate surface area is 205 Å². The largest absolute Gasteiger partial charge is 0.344 e. The van der Waals surface area contributed by atoms with E-state index in [4.69, 9.17) is 4.55 Å². The molecule has 0 spiro atoms. The van der Waals surface area contributed by atoms with E-state index in [1.807, 2.05) is 12.1 Å². The number of rotatable bonds is 19. The summed E-state index contributed by atoms with van der Waals surface area (Å²) in [5.41, 5.74) is 1.28. The SMILES string of the molecule is CCCCCCCCCCCCCCCCC(C)C(C)(C)Cc1ccc(S(=O)(=O)O)cc1.N. The van der Waals surface area contributed by atoms with Gasteiger partial charge in [0.05, 0.1) is 4.90 Å². The van der Waals surface area contributed by atoms with Gasteiger partial charge in [-0.05, 0) is 35.4 Å². The third-order valence-corrected chi connectivity index (χ3v) is 8.07. The van der Waals surface area contributed by atoms with Crippen LogP contribution in [0.4, 0.5) is 0 Å². The Bertz CT molecular complexity index is 698. The smallest absolute Gasteiger partial charge is 0.294 e. The lowest BCUT2D eigenvalue weighted by atomic mass is 9.73. The topological polar surface area (TPSA) is 89.4 Å². The van der Waals surface area contributed by atoms with E-state index in [0.717, 1.165) is 12.0 Å². The first-order valence-electron chi connectivity index (χ1n) is 13.2. The highest BCUT2D eigenvalue weighted by Gasteiger charge is 2.26. The van der Waals surface area contributed by atoms with Crippen molar-refractivity contribution < 1.29 is 13.0 Å². The van der Waals surface area contributed by atoms with Crippen LogP contribution in [0.1, 0.15) is 130 Å². The Balaban J connectivity index is 0.0000102. The summed E-state index contributed by atoms with van der Waals surface area (Å²) in [6, 6.07) is 6.64. The van der Waals surface area contributed by atoms with Gasteiger partial charge in [-0.15, -0.1) is 0 Å². The zero-order valence-electron chi connectivity index (χ0n) is 22.1. The van der Waals surface area contributed by atoms with Gasteiger partial charge in [-0.2, -0.15) is 8.42 Å². The summed E-state index contributed by atoms with van der Waals surface area (Å²) in [7, 11) is -4.11. The number of hydrogen-bond donors (Lipinski definition) is 2. The van der Waals surface area contributed by atoms with Crippen molar-refractivity contribution in [3.05, 3.63) is 29.8 Å². The van der Waals surface area contributed by atoms with Crippen molar-refractivity contribution in [1.29, 1.82) is 0 Å². The number of hydrogen-bond acceptors (Lipinski definition) is 3. The lowest BCUT2D eigenvalue weighted by Crippen LogP contribution is -2.24. The van der Waals surface area contributed by atoms with Crippen LogP contribution in [0.15, 0.2) is 29.2 Å². The summed E-state index contributed by atoms with van der Waals surface area (Å²) in [5.74, 6) is 0.612. The van der Waals surface area contributed by atoms with Crippen LogP contribution in [0.25, 0.3) is 0 Å². The maximum Gasteiger partial charge on any atom is 0.294 e. The standard InChI is InChI=1S/C28H50O3S.H3N/c1-5-6-7-8-9-10-11-12-13-14-15-16-17-18-19-25(2)28(3,4)24-26-20-22-27(23-21-26)32(29,30)31;/h20-23,25H,5-19,24H2,1-4H3,(H,29,30,31);1H3. The van der Waals surface area contributed by atoms with E-state index in [1.165, 1.54) is 108 Å². The molecule has 33 heavy (non-hydrogen) atoms. The van der Waals surface area contributed by atoms with Gasteiger partial charge in [-0.25, -0.2) is 0 Å². The quantitative estimate of drug-likeness (QED) is 0.151. The van der Waals surface area contributed by atoms with Gasteiger partial charge in [0.1, 0.15) is 0 Å². The van der Waals surface area contributed by atoms with Crippen LogP contribution < -0.4 is 6.15 Å². The Morgan fingerprint density at radius 2 is 1.15 bits per heavy atom. The van der Waals surface area contributed by atoms with E-state index < -0.39 is 10.1 Å². The highest BCUT2D eigenvalue weighted by Crippen LogP contribution is 2.34. The third kappa shape index (κ3) is 14.9. The fourth-order valence-electron chi connectivity index (χ4n) is 4.52. The zero-order valence-corrected chi connectivity index (χ0v) is 22.9. The highest BCUT2D eigenvalue weighted by atomic mass is 32.2. The maximum absolute atomic E-state index is 11.2. The van der Waals surface area contributed by atoms with Crippen molar-refractivity contribution in [2.75, 3.05) is 0 Å². The fourth-order valence-corrected chi connectivity index (χ4v) is 5.00. The van der Waals surface area contributed by atoms with Crippen LogP contribution in [0.2, 0.25) is 0 Å². The molecular weight excluding hydrogens is 430 g/mol. The first kappa shape index (κ1) is 32.1. The number of unbranched alkanes of at least 4 members (excludes halogenated alkanes) is 13. The lowest BCUT2D eigenvalue weighted by molar-refractivity contribution is 0.211. The molecule has 0 fully saturated rings. The molecule has 0 heterocycles. The summed E-state index contributed by atoms with van der Waals surface area (Å²) < 4.78 is 31.5. The molecule has 1 rings (SSSR count). The van der Waals surface area contributed by atoms with Gasteiger partial charge in [0.25, 0.3) is 10.1 Å². The van der Waals surface area contributed by atoms with E-state index in [0.29, 0.717) is 5.92 Å². The van der Waals surface area contributed by atoms with Crippen molar-refractivity contribution in [2.45, 2.75) is 135 Å². The highest BCUT2D eigenvalue weighted by molar-refractivity contribution is 7.85. The molecule has 0 aliphatic rings. The summed E-state index contributed by atoms with van der Waals surface area (Å²) in [6.45, 7) is 9.23. The molecule has 1 unspecified atom stereocenters. The number of benzene rings is 1. The molecule has 194 valence electrons. The molecule has 0 radical (unpaired) electrons. The molecule has 4 nitrogen and oxygen atoms in total. The van der Waals surface area contributed by atoms with Crippen molar-refractivity contribution >= 4 is 10.1 Å². The lowest BCUT2D eigenvalue weighted by Gasteiger charge is -2.32. The molecule has 0 saturated carbocycles. The predicted molar refractivity (Wildman–Crippen MR) is 143 cm³/mol. The van der Waals surface area contributed by atoms with Crippen molar-refractivity contribution in [1.82, 2.24) is 6.15 Å². The first-order chi connectivity index (χ1) is 15.2. The van der Waals surface area contributed by atoms with Crippen molar-refractivity contribution in [3.63, 3.8) is 0 Å². The predicted octanol–water partition coefficient (Wildman–Crippen LogP) is 9.17. The van der Waals surface area contributed by atoms with Crippen LogP contribution >= 0.6 is 0 Å². The second kappa shape index (κ2) is 17.5. The molecule has 1 atom stereocenters.